The molecule has 0 bridgehead atoms. The Kier molecular flexibility index (Phi) is 4.14. The number of carbonyl (C=O) groups is 2. The van der Waals surface area contributed by atoms with Gasteiger partial charge in [0.05, 0.1) is 18.2 Å². The minimum atomic E-state index is -0.572. The van der Waals surface area contributed by atoms with Gasteiger partial charge in [0, 0.05) is 31.3 Å². The van der Waals surface area contributed by atoms with Crippen LogP contribution in [0.25, 0.3) is 0 Å². The Morgan fingerprint density at radius 1 is 1.52 bits per heavy atom. The second-order valence-corrected chi connectivity index (χ2v) is 6.76. The molecule has 7 heteroatoms. The second-order valence-electron chi connectivity index (χ2n) is 6.76. The Labute approximate surface area is 135 Å². The lowest BCUT2D eigenvalue weighted by atomic mass is 9.95. The van der Waals surface area contributed by atoms with E-state index in [1.807, 2.05) is 31.6 Å². The van der Waals surface area contributed by atoms with Crippen molar-refractivity contribution in [1.29, 1.82) is 0 Å². The molecule has 2 aliphatic heterocycles. The van der Waals surface area contributed by atoms with Gasteiger partial charge in [0.15, 0.2) is 0 Å². The van der Waals surface area contributed by atoms with Crippen LogP contribution in [0, 0.1) is 5.92 Å². The van der Waals surface area contributed by atoms with Gasteiger partial charge in [0.1, 0.15) is 11.6 Å². The van der Waals surface area contributed by atoms with Gasteiger partial charge in [-0.2, -0.15) is 5.10 Å². The van der Waals surface area contributed by atoms with Crippen LogP contribution < -0.4 is 5.32 Å². The molecule has 0 saturated carbocycles. The zero-order valence-electron chi connectivity index (χ0n) is 13.7. The topological polar surface area (TPSA) is 82.5 Å². The molecule has 1 N–H and O–H groups in total. The number of cyclic esters (lactones) is 1. The van der Waals surface area contributed by atoms with Crippen LogP contribution in [-0.2, 0) is 25.6 Å². The maximum atomic E-state index is 12.6. The molecule has 1 amide bonds. The van der Waals surface area contributed by atoms with Crippen molar-refractivity contribution >= 4 is 11.9 Å². The Morgan fingerprint density at radius 2 is 2.30 bits per heavy atom. The van der Waals surface area contributed by atoms with Gasteiger partial charge in [-0.1, -0.05) is 0 Å². The van der Waals surface area contributed by atoms with Crippen molar-refractivity contribution in [2.45, 2.75) is 57.9 Å². The number of ether oxygens (including phenoxy) is 2. The van der Waals surface area contributed by atoms with E-state index in [2.05, 4.69) is 10.4 Å². The average molecular weight is 321 g/mol. The fourth-order valence-corrected chi connectivity index (χ4v) is 3.23. The van der Waals surface area contributed by atoms with E-state index in [1.54, 1.807) is 6.20 Å². The summed E-state index contributed by atoms with van der Waals surface area (Å²) in [6.07, 6.45) is 4.47. The molecule has 0 aromatic carbocycles. The third-order valence-corrected chi connectivity index (χ3v) is 4.41. The number of amides is 1. The lowest BCUT2D eigenvalue weighted by Gasteiger charge is -2.19. The zero-order chi connectivity index (χ0) is 16.6. The predicted molar refractivity (Wildman–Crippen MR) is 81.4 cm³/mol. The van der Waals surface area contributed by atoms with Crippen molar-refractivity contribution in [3.8, 4) is 0 Å². The summed E-state index contributed by atoms with van der Waals surface area (Å²) >= 11 is 0. The third-order valence-electron chi connectivity index (χ3n) is 4.41. The lowest BCUT2D eigenvalue weighted by Crippen LogP contribution is -2.42. The van der Waals surface area contributed by atoms with E-state index in [0.717, 1.165) is 12.1 Å². The molecule has 0 unspecified atom stereocenters. The van der Waals surface area contributed by atoms with Gasteiger partial charge in [0.2, 0.25) is 5.91 Å². The van der Waals surface area contributed by atoms with E-state index in [9.17, 15) is 9.59 Å². The molecule has 0 radical (unpaired) electrons. The summed E-state index contributed by atoms with van der Waals surface area (Å²) in [5.74, 6) is -0.824. The first-order valence-electron chi connectivity index (χ1n) is 8.07. The Balaban J connectivity index is 1.68. The zero-order valence-corrected chi connectivity index (χ0v) is 13.7. The average Bonchev–Trinajstić information content (AvgIpc) is 3.17. The number of aryl methyl sites for hydroxylation is 1. The Morgan fingerprint density at radius 3 is 2.91 bits per heavy atom. The van der Waals surface area contributed by atoms with Crippen LogP contribution in [0.4, 0.5) is 0 Å². The lowest BCUT2D eigenvalue weighted by molar-refractivity contribution is -0.148. The van der Waals surface area contributed by atoms with Crippen LogP contribution >= 0.6 is 0 Å². The van der Waals surface area contributed by atoms with Gasteiger partial charge in [-0.05, 0) is 27.2 Å². The van der Waals surface area contributed by atoms with Crippen LogP contribution in [0.15, 0.2) is 12.4 Å². The highest BCUT2D eigenvalue weighted by Gasteiger charge is 2.43. The minimum absolute atomic E-state index is 0.156. The van der Waals surface area contributed by atoms with E-state index in [0.29, 0.717) is 19.4 Å². The van der Waals surface area contributed by atoms with E-state index < -0.39 is 11.6 Å². The molecule has 0 aliphatic carbocycles. The molecular formula is C16H23N3O4. The SMILES string of the molecule is CCn1cc([C@H]2OCC[C@@H]2C(=O)N[C@H]2CC(C)(C)OC2=O)cn1. The van der Waals surface area contributed by atoms with Crippen molar-refractivity contribution in [3.63, 3.8) is 0 Å². The highest BCUT2D eigenvalue weighted by Crippen LogP contribution is 2.35. The normalized spacial score (nSPS) is 29.5. The van der Waals surface area contributed by atoms with Gasteiger partial charge in [-0.25, -0.2) is 4.79 Å². The first kappa shape index (κ1) is 16.0. The molecule has 1 aromatic heterocycles. The van der Waals surface area contributed by atoms with Crippen molar-refractivity contribution in [2.75, 3.05) is 6.61 Å². The number of rotatable bonds is 4. The molecule has 126 valence electrons. The molecule has 2 aliphatic rings. The van der Waals surface area contributed by atoms with Crippen LogP contribution in [0.3, 0.4) is 0 Å². The molecule has 23 heavy (non-hydrogen) atoms. The van der Waals surface area contributed by atoms with E-state index in [-0.39, 0.29) is 23.9 Å². The molecule has 7 nitrogen and oxygen atoms in total. The monoisotopic (exact) mass is 321 g/mol. The quantitative estimate of drug-likeness (QED) is 0.842. The summed E-state index contributed by atoms with van der Waals surface area (Å²) < 4.78 is 12.8. The Hall–Kier alpha value is -1.89. The number of hydrogen-bond donors (Lipinski definition) is 1. The van der Waals surface area contributed by atoms with E-state index >= 15 is 0 Å². The highest BCUT2D eigenvalue weighted by atomic mass is 16.6. The van der Waals surface area contributed by atoms with Gasteiger partial charge >= 0.3 is 5.97 Å². The first-order valence-corrected chi connectivity index (χ1v) is 8.07. The van der Waals surface area contributed by atoms with Crippen molar-refractivity contribution in [1.82, 2.24) is 15.1 Å². The summed E-state index contributed by atoms with van der Waals surface area (Å²) in [7, 11) is 0. The van der Waals surface area contributed by atoms with E-state index in [1.165, 1.54) is 0 Å². The van der Waals surface area contributed by atoms with Gasteiger partial charge < -0.3 is 14.8 Å². The molecule has 0 spiro atoms. The van der Waals surface area contributed by atoms with Gasteiger partial charge in [0.25, 0.3) is 0 Å². The summed E-state index contributed by atoms with van der Waals surface area (Å²) in [5.41, 5.74) is 0.377. The largest absolute Gasteiger partial charge is 0.458 e. The van der Waals surface area contributed by atoms with Crippen molar-refractivity contribution in [2.24, 2.45) is 5.92 Å². The fraction of sp³-hybridized carbons (Fsp3) is 0.688. The molecule has 3 heterocycles. The van der Waals surface area contributed by atoms with Crippen LogP contribution in [0.1, 0.15) is 45.3 Å². The smallest absolute Gasteiger partial charge is 0.329 e. The number of nitrogens with zero attached hydrogens (tertiary/aromatic N) is 2. The number of aromatic nitrogens is 2. The number of esters is 1. The molecule has 2 saturated heterocycles. The maximum absolute atomic E-state index is 12.6. The minimum Gasteiger partial charge on any atom is -0.458 e. The fourth-order valence-electron chi connectivity index (χ4n) is 3.23. The Bertz CT molecular complexity index is 610. The summed E-state index contributed by atoms with van der Waals surface area (Å²) in [4.78, 5) is 24.4. The van der Waals surface area contributed by atoms with E-state index in [4.69, 9.17) is 9.47 Å². The van der Waals surface area contributed by atoms with Crippen molar-refractivity contribution in [3.05, 3.63) is 18.0 Å². The third kappa shape index (κ3) is 3.24. The van der Waals surface area contributed by atoms with Crippen molar-refractivity contribution < 1.29 is 19.1 Å². The molecule has 2 fully saturated rings. The number of hydrogen-bond acceptors (Lipinski definition) is 5. The molecule has 1 aromatic rings. The van der Waals surface area contributed by atoms with Gasteiger partial charge in [-0.3, -0.25) is 9.48 Å². The standard InChI is InChI=1S/C16H23N3O4/c1-4-19-9-10(8-17-19)13-11(5-6-22-13)14(20)18-12-7-16(2,3)23-15(12)21/h8-9,11-13H,4-7H2,1-3H3,(H,18,20)/t11-,12-,13+/m0/s1. The first-order chi connectivity index (χ1) is 10.9. The van der Waals surface area contributed by atoms with Crippen LogP contribution in [-0.4, -0.2) is 39.9 Å². The summed E-state index contributed by atoms with van der Waals surface area (Å²) in [6, 6.07) is -0.572. The number of carbonyl (C=O) groups excluding carboxylic acids is 2. The number of nitrogens with one attached hydrogen (secondary N) is 1. The van der Waals surface area contributed by atoms with Gasteiger partial charge in [-0.15, -0.1) is 0 Å². The second kappa shape index (κ2) is 5.96. The highest BCUT2D eigenvalue weighted by molar-refractivity contribution is 5.87. The van der Waals surface area contributed by atoms with Crippen LogP contribution in [0.5, 0.6) is 0 Å². The maximum Gasteiger partial charge on any atom is 0.329 e. The molecule has 3 rings (SSSR count). The molecule has 3 atom stereocenters. The van der Waals surface area contributed by atoms with Crippen LogP contribution in [0.2, 0.25) is 0 Å². The molecular weight excluding hydrogens is 298 g/mol. The summed E-state index contributed by atoms with van der Waals surface area (Å²) in [5, 5.41) is 7.06. The summed E-state index contributed by atoms with van der Waals surface area (Å²) in [6.45, 7) is 6.99. The predicted octanol–water partition coefficient (Wildman–Crippen LogP) is 1.19.